The Balaban J connectivity index is 1.39. The minimum absolute atomic E-state index is 0.000111. The lowest BCUT2D eigenvalue weighted by molar-refractivity contribution is -0.142. The van der Waals surface area contributed by atoms with Crippen LogP contribution in [0.15, 0.2) is 78.4 Å². The average Bonchev–Trinajstić information content (AvgIpc) is 3.37. The summed E-state index contributed by atoms with van der Waals surface area (Å²) in [5.74, 6) is -5.79. The van der Waals surface area contributed by atoms with Crippen LogP contribution in [0.4, 0.5) is 5.69 Å². The van der Waals surface area contributed by atoms with E-state index in [9.17, 15) is 29.1 Å². The van der Waals surface area contributed by atoms with Gasteiger partial charge in [0.25, 0.3) is 0 Å². The van der Waals surface area contributed by atoms with Crippen LogP contribution in [-0.4, -0.2) is 51.3 Å². The Morgan fingerprint density at radius 2 is 1.64 bits per heavy atom. The fourth-order valence-electron chi connectivity index (χ4n) is 8.41. The van der Waals surface area contributed by atoms with Gasteiger partial charge in [0.1, 0.15) is 5.75 Å². The summed E-state index contributed by atoms with van der Waals surface area (Å²) in [5.41, 5.74) is 0.527. The number of fused-ring (bicyclic) bond motifs is 5. The van der Waals surface area contributed by atoms with E-state index in [1.165, 1.54) is 9.80 Å². The first-order valence-electron chi connectivity index (χ1n) is 15.1. The molecule has 9 nitrogen and oxygen atoms in total. The second-order valence-electron chi connectivity index (χ2n) is 12.5. The molecule has 224 valence electrons. The number of hydrogen-bond acceptors (Lipinski definition) is 6. The van der Waals surface area contributed by atoms with Gasteiger partial charge in [0.2, 0.25) is 23.6 Å². The predicted octanol–water partition coefficient (Wildman–Crippen LogP) is 4.64. The van der Waals surface area contributed by atoms with Gasteiger partial charge in [-0.2, -0.15) is 0 Å². The molecule has 1 saturated carbocycles. The maximum atomic E-state index is 14.6. The van der Waals surface area contributed by atoms with Crippen molar-refractivity contribution in [2.45, 2.75) is 38.5 Å². The van der Waals surface area contributed by atoms with Crippen molar-refractivity contribution in [1.29, 1.82) is 0 Å². The van der Waals surface area contributed by atoms with Crippen LogP contribution in [0.2, 0.25) is 0 Å². The van der Waals surface area contributed by atoms with E-state index in [0.29, 0.717) is 11.3 Å². The number of aliphatic carboxylic acids is 1. The average molecular weight is 593 g/mol. The number of phenols is 1. The highest BCUT2D eigenvalue weighted by Gasteiger charge is 2.68. The predicted molar refractivity (Wildman–Crippen MR) is 160 cm³/mol. The normalized spacial score (nSPS) is 29.5. The summed E-state index contributed by atoms with van der Waals surface area (Å²) in [6.07, 6.45) is 2.44. The third kappa shape index (κ3) is 3.87. The molecule has 3 aromatic rings. The van der Waals surface area contributed by atoms with Gasteiger partial charge in [-0.3, -0.25) is 28.9 Å². The van der Waals surface area contributed by atoms with Crippen molar-refractivity contribution in [3.8, 4) is 5.75 Å². The molecule has 2 N–H and O–H groups in total. The monoisotopic (exact) mass is 592 g/mol. The van der Waals surface area contributed by atoms with Crippen molar-refractivity contribution < 1.29 is 34.2 Å². The van der Waals surface area contributed by atoms with Crippen LogP contribution in [-0.2, 0) is 24.0 Å². The first-order chi connectivity index (χ1) is 21.1. The first-order valence-corrected chi connectivity index (χ1v) is 15.1. The Morgan fingerprint density at radius 3 is 2.39 bits per heavy atom. The Kier molecular flexibility index (Phi) is 6.46. The van der Waals surface area contributed by atoms with E-state index in [1.54, 1.807) is 37.3 Å². The van der Waals surface area contributed by atoms with Crippen molar-refractivity contribution in [3.63, 3.8) is 0 Å². The summed E-state index contributed by atoms with van der Waals surface area (Å²) in [5, 5.41) is 22.2. The van der Waals surface area contributed by atoms with E-state index in [1.807, 2.05) is 42.5 Å². The van der Waals surface area contributed by atoms with Crippen molar-refractivity contribution >= 4 is 46.1 Å². The van der Waals surface area contributed by atoms with E-state index in [4.69, 9.17) is 5.11 Å². The number of carboxylic acids is 1. The van der Waals surface area contributed by atoms with Gasteiger partial charge >= 0.3 is 5.97 Å². The molecular formula is C35H32N2O7. The molecule has 0 spiro atoms. The van der Waals surface area contributed by atoms with Gasteiger partial charge < -0.3 is 10.2 Å². The number of carbonyl (C=O) groups is 5. The van der Waals surface area contributed by atoms with Crippen LogP contribution in [0.1, 0.15) is 44.1 Å². The Hall–Kier alpha value is -4.79. The highest BCUT2D eigenvalue weighted by molar-refractivity contribution is 6.24. The van der Waals surface area contributed by atoms with Crippen LogP contribution < -0.4 is 4.90 Å². The van der Waals surface area contributed by atoms with E-state index >= 15 is 0 Å². The van der Waals surface area contributed by atoms with Crippen molar-refractivity contribution in [2.75, 3.05) is 11.4 Å². The number of phenolic OH excluding ortho intramolecular Hbond substituents is 1. The maximum Gasteiger partial charge on any atom is 0.303 e. The topological polar surface area (TPSA) is 132 Å². The smallest absolute Gasteiger partial charge is 0.303 e. The van der Waals surface area contributed by atoms with Crippen LogP contribution in [0.3, 0.4) is 0 Å². The molecule has 9 heteroatoms. The standard InChI is InChI=1S/C35H32N2O7/c1-35-25(32(42)37(34(35)44)20-9-3-2-4-10-20)18-24-22(30(35)29-21-11-6-5-8-19(21)13-16-26(29)38)14-15-23-28(24)33(43)36(31(23)41)17-7-12-27(39)40/h2-6,8-11,13-14,16,23-25,28,30,38H,7,12,15,17-18H2,1H3,(H,39,40)/t23-,24+,25-,28-,30+,35+/m0/s1. The van der Waals surface area contributed by atoms with E-state index in [-0.39, 0.29) is 61.6 Å². The second kappa shape index (κ2) is 10.1. The maximum absolute atomic E-state index is 14.6. The molecule has 2 aliphatic carbocycles. The largest absolute Gasteiger partial charge is 0.508 e. The summed E-state index contributed by atoms with van der Waals surface area (Å²) < 4.78 is 0. The van der Waals surface area contributed by atoms with Gasteiger partial charge in [-0.05, 0) is 61.1 Å². The molecule has 2 saturated heterocycles. The lowest BCUT2D eigenvalue weighted by Gasteiger charge is -2.49. The fourth-order valence-corrected chi connectivity index (χ4v) is 8.41. The molecule has 2 aliphatic heterocycles. The minimum Gasteiger partial charge on any atom is -0.508 e. The number of allylic oxidation sites excluding steroid dienone is 2. The zero-order chi connectivity index (χ0) is 30.9. The molecule has 7 rings (SSSR count). The second-order valence-corrected chi connectivity index (χ2v) is 12.5. The quantitative estimate of drug-likeness (QED) is 0.315. The molecular weight excluding hydrogens is 560 g/mol. The third-order valence-corrected chi connectivity index (χ3v) is 10.4. The molecule has 2 heterocycles. The molecule has 4 aliphatic rings. The lowest BCUT2D eigenvalue weighted by atomic mass is 9.51. The van der Waals surface area contributed by atoms with E-state index < -0.39 is 41.0 Å². The Labute approximate surface area is 253 Å². The molecule has 0 bridgehead atoms. The molecule has 3 fully saturated rings. The molecule has 4 amide bonds. The Bertz CT molecular complexity index is 1780. The molecule has 6 atom stereocenters. The zero-order valence-electron chi connectivity index (χ0n) is 24.2. The van der Waals surface area contributed by atoms with Gasteiger partial charge in [0.15, 0.2) is 0 Å². The third-order valence-electron chi connectivity index (χ3n) is 10.4. The van der Waals surface area contributed by atoms with Crippen LogP contribution in [0, 0.1) is 29.1 Å². The highest BCUT2D eigenvalue weighted by atomic mass is 16.4. The van der Waals surface area contributed by atoms with Crippen molar-refractivity contribution in [3.05, 3.63) is 83.9 Å². The number of benzene rings is 3. The van der Waals surface area contributed by atoms with Crippen LogP contribution >= 0.6 is 0 Å². The van der Waals surface area contributed by atoms with Crippen LogP contribution in [0.5, 0.6) is 5.75 Å². The van der Waals surface area contributed by atoms with Gasteiger partial charge in [-0.1, -0.05) is 60.2 Å². The van der Waals surface area contributed by atoms with Crippen LogP contribution in [0.25, 0.3) is 10.8 Å². The van der Waals surface area contributed by atoms with E-state index in [0.717, 1.165) is 16.3 Å². The number of carbonyl (C=O) groups excluding carboxylic acids is 4. The fraction of sp³-hybridized carbons (Fsp3) is 0.343. The molecule has 0 radical (unpaired) electrons. The number of carboxylic acid groups (broad SMARTS) is 1. The summed E-state index contributed by atoms with van der Waals surface area (Å²) in [6, 6.07) is 19.8. The number of nitrogens with zero attached hydrogens (tertiary/aromatic N) is 2. The van der Waals surface area contributed by atoms with Gasteiger partial charge in [-0.25, -0.2) is 4.90 Å². The number of para-hydroxylation sites is 1. The van der Waals surface area contributed by atoms with Gasteiger partial charge in [-0.15, -0.1) is 0 Å². The summed E-state index contributed by atoms with van der Waals surface area (Å²) >= 11 is 0. The van der Waals surface area contributed by atoms with Gasteiger partial charge in [0.05, 0.1) is 28.9 Å². The molecule has 3 aromatic carbocycles. The molecule has 0 aromatic heterocycles. The molecule has 0 unspecified atom stereocenters. The number of likely N-dealkylation sites (tertiary alicyclic amines) is 1. The number of rotatable bonds is 6. The number of amides is 4. The number of imide groups is 2. The zero-order valence-corrected chi connectivity index (χ0v) is 24.2. The van der Waals surface area contributed by atoms with E-state index in [2.05, 4.69) is 0 Å². The lowest BCUT2D eigenvalue weighted by Crippen LogP contribution is -2.49. The van der Waals surface area contributed by atoms with Crippen molar-refractivity contribution in [1.82, 2.24) is 4.90 Å². The number of anilines is 1. The molecule has 44 heavy (non-hydrogen) atoms. The van der Waals surface area contributed by atoms with Crippen molar-refractivity contribution in [2.24, 2.45) is 29.1 Å². The summed E-state index contributed by atoms with van der Waals surface area (Å²) in [7, 11) is 0. The first kappa shape index (κ1) is 28.0. The highest BCUT2D eigenvalue weighted by Crippen LogP contribution is 2.65. The minimum atomic E-state index is -1.27. The number of aromatic hydroxyl groups is 1. The summed E-state index contributed by atoms with van der Waals surface area (Å²) in [6.45, 7) is 1.82. The Morgan fingerprint density at radius 1 is 0.909 bits per heavy atom. The number of hydrogen-bond donors (Lipinski definition) is 2. The van der Waals surface area contributed by atoms with Gasteiger partial charge in [0, 0.05) is 24.4 Å². The summed E-state index contributed by atoms with van der Waals surface area (Å²) in [4.78, 5) is 69.8. The SMILES string of the molecule is C[C@@]12C(=O)N(c3ccccc3)C(=O)[C@@H]1C[C@@H]1C(=CC[C@@H]3C(=O)N(CCCC(=O)O)C(=O)[C@@H]31)[C@@H]2c1c(O)ccc2ccccc12.